The van der Waals surface area contributed by atoms with Crippen LogP contribution in [0, 0.1) is 11.3 Å². The molecule has 0 fully saturated rings. The lowest BCUT2D eigenvalue weighted by Gasteiger charge is -1.99. The zero-order valence-corrected chi connectivity index (χ0v) is 9.96. The van der Waals surface area contributed by atoms with Crippen LogP contribution in [0.1, 0.15) is 12.5 Å². The van der Waals surface area contributed by atoms with E-state index >= 15 is 0 Å². The van der Waals surface area contributed by atoms with Gasteiger partial charge in [-0.1, -0.05) is 30.3 Å². The summed E-state index contributed by atoms with van der Waals surface area (Å²) in [5.74, 6) is -0.475. The lowest BCUT2D eigenvalue weighted by molar-refractivity contribution is -0.138. The predicted octanol–water partition coefficient (Wildman–Crippen LogP) is 1.36. The van der Waals surface area contributed by atoms with Crippen molar-refractivity contribution in [1.82, 2.24) is 0 Å². The molecule has 0 amide bonds. The fraction of sp³-hybridized carbons (Fsp3) is 0.154. The predicted molar refractivity (Wildman–Crippen MR) is 67.5 cm³/mol. The van der Waals surface area contributed by atoms with Crippen LogP contribution < -0.4 is 5.73 Å². The summed E-state index contributed by atoms with van der Waals surface area (Å²) in [6, 6.07) is 10.8. The molecule has 0 saturated heterocycles. The summed E-state index contributed by atoms with van der Waals surface area (Å²) in [6.45, 7) is 1.87. The van der Waals surface area contributed by atoms with E-state index in [1.54, 1.807) is 25.1 Å². The minimum Gasteiger partial charge on any atom is -0.462 e. The van der Waals surface area contributed by atoms with Crippen LogP contribution in [0.4, 0.5) is 0 Å². The molecule has 5 heteroatoms. The smallest absolute Gasteiger partial charge is 0.350 e. The summed E-state index contributed by atoms with van der Waals surface area (Å²) in [5.41, 5.74) is 6.25. The van der Waals surface area contributed by atoms with Crippen molar-refractivity contribution in [3.63, 3.8) is 0 Å². The third-order valence-electron chi connectivity index (χ3n) is 2.02. The molecule has 5 nitrogen and oxygen atoms in total. The average molecular weight is 243 g/mol. The second-order valence-corrected chi connectivity index (χ2v) is 3.26. The van der Waals surface area contributed by atoms with Crippen LogP contribution >= 0.6 is 0 Å². The van der Waals surface area contributed by atoms with E-state index in [-0.39, 0.29) is 18.0 Å². The Bertz CT molecular complexity index is 513. The molecular weight excluding hydrogens is 230 g/mol. The van der Waals surface area contributed by atoms with Gasteiger partial charge in [0.1, 0.15) is 11.9 Å². The van der Waals surface area contributed by atoms with Gasteiger partial charge in [0.15, 0.2) is 5.57 Å². The number of hydrogen-bond acceptors (Lipinski definition) is 4. The first-order chi connectivity index (χ1) is 8.69. The van der Waals surface area contributed by atoms with Gasteiger partial charge in [0.05, 0.1) is 12.8 Å². The van der Waals surface area contributed by atoms with Gasteiger partial charge in [0.25, 0.3) is 0 Å². The molecule has 0 unspecified atom stereocenters. The first kappa shape index (κ1) is 13.5. The van der Waals surface area contributed by atoms with E-state index in [2.05, 4.69) is 4.99 Å². The lowest BCUT2D eigenvalue weighted by Crippen LogP contribution is -2.13. The van der Waals surface area contributed by atoms with E-state index in [1.165, 1.54) is 0 Å². The number of carbonyl (C=O) groups is 1. The van der Waals surface area contributed by atoms with Crippen LogP contribution in [-0.4, -0.2) is 18.4 Å². The minimum absolute atomic E-state index is 0.185. The minimum atomic E-state index is -0.704. The van der Waals surface area contributed by atoms with Crippen molar-refractivity contribution in [2.45, 2.75) is 6.92 Å². The van der Waals surface area contributed by atoms with Gasteiger partial charge in [-0.15, -0.1) is 0 Å². The highest BCUT2D eigenvalue weighted by molar-refractivity contribution is 5.98. The molecule has 2 N–H and O–H groups in total. The molecule has 0 aliphatic carbocycles. The zero-order chi connectivity index (χ0) is 13.4. The number of nitriles is 1. The first-order valence-electron chi connectivity index (χ1n) is 5.35. The van der Waals surface area contributed by atoms with Crippen LogP contribution in [0.5, 0.6) is 0 Å². The van der Waals surface area contributed by atoms with E-state index in [9.17, 15) is 4.79 Å². The Hall–Kier alpha value is -2.61. The molecule has 18 heavy (non-hydrogen) atoms. The summed E-state index contributed by atoms with van der Waals surface area (Å²) in [5, 5.41) is 8.78. The van der Waals surface area contributed by atoms with Crippen LogP contribution in [0.3, 0.4) is 0 Å². The van der Waals surface area contributed by atoms with Gasteiger partial charge >= 0.3 is 5.97 Å². The van der Waals surface area contributed by atoms with Crippen molar-refractivity contribution >= 4 is 11.8 Å². The fourth-order valence-corrected chi connectivity index (χ4v) is 1.15. The first-order valence-corrected chi connectivity index (χ1v) is 5.35. The molecule has 0 aliphatic rings. The number of hydrogen-bond donors (Lipinski definition) is 1. The highest BCUT2D eigenvalue weighted by atomic mass is 16.5. The van der Waals surface area contributed by atoms with Gasteiger partial charge in [0, 0.05) is 5.56 Å². The average Bonchev–Trinajstić information content (AvgIpc) is 2.40. The molecule has 0 aromatic heterocycles. The molecule has 1 aromatic carbocycles. The normalized spacial score (nSPS) is 11.8. The topological polar surface area (TPSA) is 88.5 Å². The number of benzene rings is 1. The molecule has 0 aliphatic heterocycles. The third kappa shape index (κ3) is 3.76. The molecule has 0 heterocycles. The van der Waals surface area contributed by atoms with Crippen LogP contribution in [0.2, 0.25) is 0 Å². The van der Waals surface area contributed by atoms with Gasteiger partial charge in [-0.3, -0.25) is 0 Å². The van der Waals surface area contributed by atoms with Crippen molar-refractivity contribution < 1.29 is 9.53 Å². The summed E-state index contributed by atoms with van der Waals surface area (Å²) in [4.78, 5) is 15.2. The quantitative estimate of drug-likeness (QED) is 0.284. The van der Waals surface area contributed by atoms with Crippen LogP contribution in [0.15, 0.2) is 47.1 Å². The zero-order valence-electron chi connectivity index (χ0n) is 9.96. The summed E-state index contributed by atoms with van der Waals surface area (Å²) < 4.78 is 4.69. The van der Waals surface area contributed by atoms with Crippen molar-refractivity contribution in [1.29, 1.82) is 5.26 Å². The van der Waals surface area contributed by atoms with Crippen molar-refractivity contribution in [3.05, 3.63) is 47.7 Å². The van der Waals surface area contributed by atoms with Crippen LogP contribution in [-0.2, 0) is 9.53 Å². The monoisotopic (exact) mass is 243 g/mol. The Kier molecular flexibility index (Phi) is 5.13. The Morgan fingerprint density at radius 1 is 1.50 bits per heavy atom. The number of rotatable bonds is 4. The Labute approximate surface area is 105 Å². The molecule has 1 aromatic rings. The standard InChI is InChI=1S/C13H13N3O2/c1-2-18-13(17)11(8-14)9-16-12(15)10-6-4-3-5-7-10/h3-7,9H,2H2,1H3,(H2,15,16). The van der Waals surface area contributed by atoms with Crippen LogP contribution in [0.25, 0.3) is 0 Å². The molecule has 1 rings (SSSR count). The van der Waals surface area contributed by atoms with Crippen molar-refractivity contribution in [2.75, 3.05) is 6.61 Å². The Balaban J connectivity index is 2.89. The maximum atomic E-state index is 11.3. The maximum Gasteiger partial charge on any atom is 0.350 e. The van der Waals surface area contributed by atoms with Crippen molar-refractivity contribution in [2.24, 2.45) is 10.7 Å². The lowest BCUT2D eigenvalue weighted by atomic mass is 10.2. The van der Waals surface area contributed by atoms with Gasteiger partial charge in [0.2, 0.25) is 0 Å². The Morgan fingerprint density at radius 2 is 2.17 bits per heavy atom. The highest BCUT2D eigenvalue weighted by Crippen LogP contribution is 2.01. The molecule has 0 radical (unpaired) electrons. The summed E-state index contributed by atoms with van der Waals surface area (Å²) in [6.07, 6.45) is 1.11. The summed E-state index contributed by atoms with van der Waals surface area (Å²) in [7, 11) is 0. The fourth-order valence-electron chi connectivity index (χ4n) is 1.15. The number of nitrogens with zero attached hydrogens (tertiary/aromatic N) is 2. The second kappa shape index (κ2) is 6.86. The second-order valence-electron chi connectivity index (χ2n) is 3.26. The van der Waals surface area contributed by atoms with E-state index in [4.69, 9.17) is 15.7 Å². The molecule has 92 valence electrons. The van der Waals surface area contributed by atoms with Gasteiger partial charge in [-0.25, -0.2) is 9.79 Å². The number of ether oxygens (including phenoxy) is 1. The number of aliphatic imine (C=N–C) groups is 1. The third-order valence-corrected chi connectivity index (χ3v) is 2.02. The summed E-state index contributed by atoms with van der Waals surface area (Å²) >= 11 is 0. The molecular formula is C13H13N3O2. The van der Waals surface area contributed by atoms with E-state index in [1.807, 2.05) is 18.2 Å². The maximum absolute atomic E-state index is 11.3. The van der Waals surface area contributed by atoms with E-state index in [0.717, 1.165) is 11.8 Å². The SMILES string of the molecule is CCOC(=O)C(C#N)=CN=C(N)c1ccccc1. The van der Waals surface area contributed by atoms with Gasteiger partial charge < -0.3 is 10.5 Å². The number of esters is 1. The van der Waals surface area contributed by atoms with Crippen molar-refractivity contribution in [3.8, 4) is 6.07 Å². The molecule has 0 saturated carbocycles. The van der Waals surface area contributed by atoms with Gasteiger partial charge in [-0.05, 0) is 6.92 Å². The van der Waals surface area contributed by atoms with E-state index in [0.29, 0.717) is 0 Å². The molecule has 0 bridgehead atoms. The van der Waals surface area contributed by atoms with E-state index < -0.39 is 5.97 Å². The largest absolute Gasteiger partial charge is 0.462 e. The molecule has 0 spiro atoms. The number of amidine groups is 1. The number of carbonyl (C=O) groups excluding carboxylic acids is 1. The molecule has 0 atom stereocenters. The van der Waals surface area contributed by atoms with Gasteiger partial charge in [-0.2, -0.15) is 5.26 Å². The number of nitrogens with two attached hydrogens (primary N) is 1. The highest BCUT2D eigenvalue weighted by Gasteiger charge is 2.08. The Morgan fingerprint density at radius 3 is 2.72 bits per heavy atom.